The summed E-state index contributed by atoms with van der Waals surface area (Å²) >= 11 is 0. The van der Waals surface area contributed by atoms with Crippen molar-refractivity contribution in [3.8, 4) is 0 Å². The number of hydrogen-bond acceptors (Lipinski definition) is 14. The molecule has 0 radical (unpaired) electrons. The van der Waals surface area contributed by atoms with Crippen molar-refractivity contribution in [2.24, 2.45) is 0 Å². The summed E-state index contributed by atoms with van der Waals surface area (Å²) in [6, 6.07) is 0. The molecule has 0 aliphatic rings. The highest BCUT2D eigenvalue weighted by Crippen LogP contribution is 1.92. The molecule has 0 saturated heterocycles. The van der Waals surface area contributed by atoms with E-state index in [-0.39, 0.29) is 6.61 Å². The molecule has 0 aromatic heterocycles. The van der Waals surface area contributed by atoms with Gasteiger partial charge in [-0.25, -0.2) is 4.79 Å². The van der Waals surface area contributed by atoms with Crippen LogP contribution < -0.4 is 0 Å². The van der Waals surface area contributed by atoms with Crippen molar-refractivity contribution < 1.29 is 66.4 Å². The van der Waals surface area contributed by atoms with E-state index in [0.29, 0.717) is 164 Å². The standard InChI is InChI=1S/C31H58O14/c1-4-5-33-6-7-34-8-9-35-10-11-36-12-13-37-14-15-38-16-17-39-18-19-40-20-21-41-22-23-42-24-25-43-26-27-44-28-29-45-31(32)30(2)3/h4H,1-2,5-29H2,3H3. The van der Waals surface area contributed by atoms with Crippen LogP contribution in [0.5, 0.6) is 0 Å². The van der Waals surface area contributed by atoms with Crippen molar-refractivity contribution in [1.29, 1.82) is 0 Å². The van der Waals surface area contributed by atoms with Gasteiger partial charge in [0.25, 0.3) is 0 Å². The molecule has 0 N–H and O–H groups in total. The van der Waals surface area contributed by atoms with E-state index in [1.54, 1.807) is 13.0 Å². The van der Waals surface area contributed by atoms with E-state index in [2.05, 4.69) is 13.2 Å². The zero-order valence-corrected chi connectivity index (χ0v) is 27.4. The molecular formula is C31H58O14. The van der Waals surface area contributed by atoms with E-state index >= 15 is 0 Å². The smallest absolute Gasteiger partial charge is 0.333 e. The maximum Gasteiger partial charge on any atom is 0.333 e. The molecule has 14 nitrogen and oxygen atoms in total. The molecule has 0 rings (SSSR count). The molecule has 0 atom stereocenters. The Kier molecular flexibility index (Phi) is 37.3. The zero-order valence-electron chi connectivity index (χ0n) is 27.4. The maximum atomic E-state index is 11.2. The predicted molar refractivity (Wildman–Crippen MR) is 166 cm³/mol. The van der Waals surface area contributed by atoms with Gasteiger partial charge < -0.3 is 61.6 Å². The third-order valence-corrected chi connectivity index (χ3v) is 5.14. The lowest BCUT2D eigenvalue weighted by Gasteiger charge is -2.09. The Morgan fingerprint density at radius 1 is 0.400 bits per heavy atom. The topological polar surface area (TPSA) is 137 Å². The van der Waals surface area contributed by atoms with Gasteiger partial charge >= 0.3 is 5.97 Å². The first-order valence-corrected chi connectivity index (χ1v) is 15.5. The number of rotatable bonds is 39. The number of esters is 1. The van der Waals surface area contributed by atoms with Gasteiger partial charge in [-0.2, -0.15) is 0 Å². The van der Waals surface area contributed by atoms with Crippen LogP contribution in [0, 0.1) is 0 Å². The second-order valence-electron chi connectivity index (χ2n) is 9.02. The highest BCUT2D eigenvalue weighted by atomic mass is 16.6. The third kappa shape index (κ3) is 38.6. The van der Waals surface area contributed by atoms with Gasteiger partial charge in [-0.05, 0) is 6.92 Å². The number of ether oxygens (including phenoxy) is 13. The molecule has 0 heterocycles. The van der Waals surface area contributed by atoms with Gasteiger partial charge in [0.15, 0.2) is 0 Å². The van der Waals surface area contributed by atoms with Gasteiger partial charge in [0.2, 0.25) is 0 Å². The first-order chi connectivity index (χ1) is 22.2. The fourth-order valence-corrected chi connectivity index (χ4v) is 2.90. The molecule has 14 heteroatoms. The molecule has 0 aromatic rings. The molecule has 0 spiro atoms. The molecule has 0 aliphatic heterocycles. The molecule has 0 bridgehead atoms. The highest BCUT2D eigenvalue weighted by molar-refractivity contribution is 5.86. The minimum Gasteiger partial charge on any atom is -0.460 e. The van der Waals surface area contributed by atoms with Crippen LogP contribution in [0.25, 0.3) is 0 Å². The SMILES string of the molecule is C=CCOCCOCCOCCOCCOCCOCCOCCOCCOCCOCCOCCOCCOC(=O)C(=C)C. The lowest BCUT2D eigenvalue weighted by atomic mass is 10.4. The van der Waals surface area contributed by atoms with Crippen LogP contribution in [0.3, 0.4) is 0 Å². The Hall–Kier alpha value is -1.53. The quantitative estimate of drug-likeness (QED) is 0.0410. The molecule has 0 fully saturated rings. The first kappa shape index (κ1) is 43.5. The monoisotopic (exact) mass is 654 g/mol. The average Bonchev–Trinajstić information content (AvgIpc) is 3.04. The van der Waals surface area contributed by atoms with Gasteiger partial charge in [-0.3, -0.25) is 0 Å². The van der Waals surface area contributed by atoms with E-state index in [4.69, 9.17) is 61.6 Å². The molecule has 0 saturated carbocycles. The van der Waals surface area contributed by atoms with Crippen LogP contribution in [0.4, 0.5) is 0 Å². The minimum atomic E-state index is -0.414. The summed E-state index contributed by atoms with van der Waals surface area (Å²) in [5.74, 6) is -0.414. The van der Waals surface area contributed by atoms with Crippen molar-refractivity contribution in [2.45, 2.75) is 6.92 Å². The van der Waals surface area contributed by atoms with Crippen LogP contribution in [0.1, 0.15) is 6.92 Å². The molecule has 45 heavy (non-hydrogen) atoms. The van der Waals surface area contributed by atoms with Crippen LogP contribution in [0.15, 0.2) is 24.8 Å². The summed E-state index contributed by atoms with van der Waals surface area (Å²) in [4.78, 5) is 11.2. The number of carbonyl (C=O) groups excluding carboxylic acids is 1. The Morgan fingerprint density at radius 2 is 0.600 bits per heavy atom. The molecular weight excluding hydrogens is 596 g/mol. The van der Waals surface area contributed by atoms with Crippen LogP contribution >= 0.6 is 0 Å². The molecule has 266 valence electrons. The molecule has 0 aliphatic carbocycles. The minimum absolute atomic E-state index is 0.198. The summed E-state index contributed by atoms with van der Waals surface area (Å²) in [7, 11) is 0. The first-order valence-electron chi connectivity index (χ1n) is 15.5. The molecule has 0 amide bonds. The highest BCUT2D eigenvalue weighted by Gasteiger charge is 2.02. The summed E-state index contributed by atoms with van der Waals surface area (Å²) < 4.78 is 69.8. The fraction of sp³-hybridized carbons (Fsp3) is 0.839. The van der Waals surface area contributed by atoms with E-state index in [9.17, 15) is 4.79 Å². The summed E-state index contributed by atoms with van der Waals surface area (Å²) in [5, 5.41) is 0. The fourth-order valence-electron chi connectivity index (χ4n) is 2.90. The van der Waals surface area contributed by atoms with Gasteiger partial charge in [0.05, 0.1) is 159 Å². The average molecular weight is 655 g/mol. The largest absolute Gasteiger partial charge is 0.460 e. The van der Waals surface area contributed by atoms with Gasteiger partial charge in [-0.15, -0.1) is 6.58 Å². The van der Waals surface area contributed by atoms with Crippen LogP contribution in [0.2, 0.25) is 0 Å². The Labute approximate surface area is 269 Å². The van der Waals surface area contributed by atoms with Crippen molar-refractivity contribution in [1.82, 2.24) is 0 Å². The number of hydrogen-bond donors (Lipinski definition) is 0. The van der Waals surface area contributed by atoms with E-state index in [1.165, 1.54) is 0 Å². The predicted octanol–water partition coefficient (Wildman–Crippen LogP) is 1.49. The van der Waals surface area contributed by atoms with Gasteiger partial charge in [0, 0.05) is 5.57 Å². The third-order valence-electron chi connectivity index (χ3n) is 5.14. The summed E-state index contributed by atoms with van der Waals surface area (Å²) in [5.41, 5.74) is 0.369. The van der Waals surface area contributed by atoms with E-state index in [1.807, 2.05) is 0 Å². The summed E-state index contributed by atoms with van der Waals surface area (Å²) in [6.45, 7) is 20.7. The second kappa shape index (κ2) is 38.7. The Morgan fingerprint density at radius 3 is 0.800 bits per heavy atom. The lowest BCUT2D eigenvalue weighted by molar-refractivity contribution is -0.140. The van der Waals surface area contributed by atoms with E-state index < -0.39 is 5.97 Å². The normalized spacial score (nSPS) is 11.2. The Bertz CT molecular complexity index is 637. The number of carbonyl (C=O) groups is 1. The summed E-state index contributed by atoms with van der Waals surface area (Å²) in [6.07, 6.45) is 1.71. The van der Waals surface area contributed by atoms with Crippen molar-refractivity contribution in [3.63, 3.8) is 0 Å². The van der Waals surface area contributed by atoms with Crippen LogP contribution in [-0.2, 0) is 66.4 Å². The lowest BCUT2D eigenvalue weighted by Crippen LogP contribution is -2.16. The molecule has 0 aromatic carbocycles. The van der Waals surface area contributed by atoms with Crippen molar-refractivity contribution in [3.05, 3.63) is 24.8 Å². The van der Waals surface area contributed by atoms with Crippen LogP contribution in [-0.4, -0.2) is 171 Å². The Balaban J connectivity index is 3.07. The second-order valence-corrected chi connectivity index (χ2v) is 9.02. The van der Waals surface area contributed by atoms with Crippen molar-refractivity contribution >= 4 is 5.97 Å². The van der Waals surface area contributed by atoms with Crippen molar-refractivity contribution in [2.75, 3.05) is 165 Å². The van der Waals surface area contributed by atoms with E-state index in [0.717, 1.165) is 0 Å². The van der Waals surface area contributed by atoms with Gasteiger partial charge in [0.1, 0.15) is 6.61 Å². The maximum absolute atomic E-state index is 11.2. The van der Waals surface area contributed by atoms with Gasteiger partial charge in [-0.1, -0.05) is 12.7 Å². The molecule has 0 unspecified atom stereocenters. The zero-order chi connectivity index (χ0) is 32.7.